The highest BCUT2D eigenvalue weighted by Crippen LogP contribution is 2.42. The molecule has 2 rings (SSSR count). The molecule has 0 radical (unpaired) electrons. The molecule has 0 aromatic heterocycles. The van der Waals surface area contributed by atoms with Crippen LogP contribution in [0.4, 0.5) is 0 Å². The smallest absolute Gasteiger partial charge is 0.0818 e. The average Bonchev–Trinajstić information content (AvgIpc) is 2.32. The Morgan fingerprint density at radius 2 is 1.72 bits per heavy atom. The summed E-state index contributed by atoms with van der Waals surface area (Å²) in [5.41, 5.74) is 4.15. The number of rotatable bonds is 2. The molecule has 1 aromatic rings. The molecule has 0 amide bonds. The fourth-order valence-corrected chi connectivity index (χ4v) is 2.96. The summed E-state index contributed by atoms with van der Waals surface area (Å²) in [4.78, 5) is 0. The van der Waals surface area contributed by atoms with Crippen LogP contribution in [-0.4, -0.2) is 5.11 Å². The van der Waals surface area contributed by atoms with Crippen molar-refractivity contribution in [1.82, 2.24) is 0 Å². The number of aryl methyl sites for hydroxylation is 2. The quantitative estimate of drug-likeness (QED) is 0.811. The lowest BCUT2D eigenvalue weighted by molar-refractivity contribution is 0.0567. The molecule has 0 saturated heterocycles. The predicted molar refractivity (Wildman–Crippen MR) is 76.6 cm³/mol. The molecule has 1 aliphatic rings. The molecular weight excluding hydrogens is 220 g/mol. The van der Waals surface area contributed by atoms with Gasteiger partial charge >= 0.3 is 0 Å². The van der Waals surface area contributed by atoms with Crippen LogP contribution < -0.4 is 0 Å². The van der Waals surface area contributed by atoms with E-state index in [1.807, 2.05) is 0 Å². The summed E-state index contributed by atoms with van der Waals surface area (Å²) in [6.45, 7) is 8.92. The van der Waals surface area contributed by atoms with Crippen LogP contribution in [0.1, 0.15) is 62.3 Å². The standard InChI is InChI=1S/C17H26O/c1-12-5-6-15(11-13(12)2)16(18)14-7-9-17(3,4)10-8-14/h5-6,11,14,16,18H,7-10H2,1-4H3. The van der Waals surface area contributed by atoms with E-state index >= 15 is 0 Å². The van der Waals surface area contributed by atoms with Gasteiger partial charge in [-0.2, -0.15) is 0 Å². The van der Waals surface area contributed by atoms with Gasteiger partial charge in [-0.1, -0.05) is 32.0 Å². The fourth-order valence-electron chi connectivity index (χ4n) is 2.96. The summed E-state index contributed by atoms with van der Waals surface area (Å²) in [6.07, 6.45) is 4.50. The van der Waals surface area contributed by atoms with Crippen LogP contribution in [0.5, 0.6) is 0 Å². The lowest BCUT2D eigenvalue weighted by Gasteiger charge is -2.36. The van der Waals surface area contributed by atoms with Gasteiger partial charge in [0.2, 0.25) is 0 Å². The number of aliphatic hydroxyl groups is 1. The van der Waals surface area contributed by atoms with Crippen molar-refractivity contribution in [2.45, 2.75) is 59.5 Å². The van der Waals surface area contributed by atoms with E-state index < -0.39 is 0 Å². The molecule has 1 heteroatoms. The Morgan fingerprint density at radius 3 is 2.28 bits per heavy atom. The van der Waals surface area contributed by atoms with Crippen LogP contribution in [0.3, 0.4) is 0 Å². The van der Waals surface area contributed by atoms with Crippen molar-refractivity contribution in [3.63, 3.8) is 0 Å². The van der Waals surface area contributed by atoms with E-state index in [1.54, 1.807) is 0 Å². The summed E-state index contributed by atoms with van der Waals surface area (Å²) < 4.78 is 0. The Labute approximate surface area is 111 Å². The minimum atomic E-state index is -0.277. The van der Waals surface area contributed by atoms with Gasteiger partial charge < -0.3 is 5.11 Å². The summed E-state index contributed by atoms with van der Waals surface area (Å²) >= 11 is 0. The average molecular weight is 246 g/mol. The summed E-state index contributed by atoms with van der Waals surface area (Å²) in [7, 11) is 0. The van der Waals surface area contributed by atoms with Gasteiger partial charge in [0.15, 0.2) is 0 Å². The Bertz CT molecular complexity index is 410. The van der Waals surface area contributed by atoms with Crippen LogP contribution in [0.25, 0.3) is 0 Å². The van der Waals surface area contributed by atoms with E-state index in [-0.39, 0.29) is 6.10 Å². The molecule has 100 valence electrons. The zero-order valence-electron chi connectivity index (χ0n) is 12.2. The number of benzene rings is 1. The monoisotopic (exact) mass is 246 g/mol. The van der Waals surface area contributed by atoms with Crippen molar-refractivity contribution in [2.24, 2.45) is 11.3 Å². The third-order valence-corrected chi connectivity index (χ3v) is 4.70. The van der Waals surface area contributed by atoms with Gasteiger partial charge in [-0.3, -0.25) is 0 Å². The first kappa shape index (κ1) is 13.6. The van der Waals surface area contributed by atoms with E-state index in [2.05, 4.69) is 45.9 Å². The van der Waals surface area contributed by atoms with Crippen molar-refractivity contribution < 1.29 is 5.11 Å². The largest absolute Gasteiger partial charge is 0.388 e. The Hall–Kier alpha value is -0.820. The van der Waals surface area contributed by atoms with Gasteiger partial charge in [0.05, 0.1) is 6.10 Å². The van der Waals surface area contributed by atoms with Crippen LogP contribution in [0.2, 0.25) is 0 Å². The lowest BCUT2D eigenvalue weighted by Crippen LogP contribution is -2.25. The van der Waals surface area contributed by atoms with Gasteiger partial charge in [-0.25, -0.2) is 0 Å². The Balaban J connectivity index is 2.07. The molecule has 1 nitrogen and oxygen atoms in total. The van der Waals surface area contributed by atoms with Crippen LogP contribution >= 0.6 is 0 Å². The summed E-state index contributed by atoms with van der Waals surface area (Å²) in [6, 6.07) is 6.37. The van der Waals surface area contributed by atoms with Crippen LogP contribution in [0, 0.1) is 25.2 Å². The van der Waals surface area contributed by atoms with E-state index in [4.69, 9.17) is 0 Å². The second-order valence-corrected chi connectivity index (χ2v) is 6.79. The number of hydrogen-bond acceptors (Lipinski definition) is 1. The van der Waals surface area contributed by atoms with Crippen LogP contribution in [-0.2, 0) is 0 Å². The summed E-state index contributed by atoms with van der Waals surface area (Å²) in [5.74, 6) is 0.445. The first-order chi connectivity index (χ1) is 8.39. The third-order valence-electron chi connectivity index (χ3n) is 4.70. The fraction of sp³-hybridized carbons (Fsp3) is 0.647. The molecule has 1 atom stereocenters. The molecule has 1 aliphatic carbocycles. The van der Waals surface area contributed by atoms with E-state index in [0.717, 1.165) is 18.4 Å². The van der Waals surface area contributed by atoms with Gasteiger partial charge in [-0.05, 0) is 67.6 Å². The van der Waals surface area contributed by atoms with Crippen molar-refractivity contribution in [3.05, 3.63) is 34.9 Å². The molecule has 1 unspecified atom stereocenters. The minimum absolute atomic E-state index is 0.277. The molecular formula is C17H26O. The molecule has 1 aromatic carbocycles. The molecule has 1 saturated carbocycles. The molecule has 1 N–H and O–H groups in total. The Kier molecular flexibility index (Phi) is 3.82. The minimum Gasteiger partial charge on any atom is -0.388 e. The van der Waals surface area contributed by atoms with E-state index in [9.17, 15) is 5.11 Å². The van der Waals surface area contributed by atoms with Gasteiger partial charge in [0.1, 0.15) is 0 Å². The second kappa shape index (κ2) is 5.05. The Morgan fingerprint density at radius 1 is 1.11 bits per heavy atom. The van der Waals surface area contributed by atoms with Crippen molar-refractivity contribution in [2.75, 3.05) is 0 Å². The summed E-state index contributed by atoms with van der Waals surface area (Å²) in [5, 5.41) is 10.5. The highest BCUT2D eigenvalue weighted by atomic mass is 16.3. The topological polar surface area (TPSA) is 20.2 Å². The maximum absolute atomic E-state index is 10.5. The molecule has 0 aliphatic heterocycles. The first-order valence-corrected chi connectivity index (χ1v) is 7.14. The molecule has 0 spiro atoms. The maximum Gasteiger partial charge on any atom is 0.0818 e. The van der Waals surface area contributed by atoms with E-state index in [0.29, 0.717) is 11.3 Å². The van der Waals surface area contributed by atoms with Crippen LogP contribution in [0.15, 0.2) is 18.2 Å². The van der Waals surface area contributed by atoms with Crippen molar-refractivity contribution >= 4 is 0 Å². The SMILES string of the molecule is Cc1ccc(C(O)C2CCC(C)(C)CC2)cc1C. The van der Waals surface area contributed by atoms with Gasteiger partial charge in [-0.15, -0.1) is 0 Å². The zero-order valence-corrected chi connectivity index (χ0v) is 12.2. The number of hydrogen-bond donors (Lipinski definition) is 1. The van der Waals surface area contributed by atoms with E-state index in [1.165, 1.54) is 24.0 Å². The van der Waals surface area contributed by atoms with Gasteiger partial charge in [0, 0.05) is 0 Å². The normalized spacial score (nSPS) is 21.8. The van der Waals surface area contributed by atoms with Gasteiger partial charge in [0.25, 0.3) is 0 Å². The zero-order chi connectivity index (χ0) is 13.3. The molecule has 0 bridgehead atoms. The molecule has 18 heavy (non-hydrogen) atoms. The highest BCUT2D eigenvalue weighted by Gasteiger charge is 2.31. The van der Waals surface area contributed by atoms with Crippen molar-refractivity contribution in [1.29, 1.82) is 0 Å². The maximum atomic E-state index is 10.5. The lowest BCUT2D eigenvalue weighted by atomic mass is 9.71. The predicted octanol–water partition coefficient (Wildman–Crippen LogP) is 4.55. The second-order valence-electron chi connectivity index (χ2n) is 6.79. The first-order valence-electron chi connectivity index (χ1n) is 7.14. The molecule has 1 fully saturated rings. The number of aliphatic hydroxyl groups excluding tert-OH is 1. The van der Waals surface area contributed by atoms with Crippen molar-refractivity contribution in [3.8, 4) is 0 Å². The highest BCUT2D eigenvalue weighted by molar-refractivity contribution is 5.31. The third kappa shape index (κ3) is 2.95. The molecule has 0 heterocycles.